The monoisotopic (exact) mass is 418 g/mol. The largest absolute Gasteiger partial charge is 0.507 e. The predicted molar refractivity (Wildman–Crippen MR) is 123 cm³/mol. The Morgan fingerprint density at radius 3 is 2.68 bits per heavy atom. The molecular weight excluding hydrogens is 388 g/mol. The van der Waals surface area contributed by atoms with Gasteiger partial charge in [-0.1, -0.05) is 12.5 Å². The number of phenolic OH excluding ortho intramolecular Hbond substituents is 1. The van der Waals surface area contributed by atoms with E-state index in [0.717, 1.165) is 34.3 Å². The Labute approximate surface area is 182 Å². The topological polar surface area (TPSA) is 71.6 Å². The predicted octanol–water partition coefficient (Wildman–Crippen LogP) is 3.83. The Morgan fingerprint density at radius 1 is 1.10 bits per heavy atom. The van der Waals surface area contributed by atoms with E-state index in [2.05, 4.69) is 39.5 Å². The van der Waals surface area contributed by atoms with Crippen LogP contribution in [0.1, 0.15) is 46.3 Å². The Morgan fingerprint density at radius 2 is 1.90 bits per heavy atom. The summed E-state index contributed by atoms with van der Waals surface area (Å²) in [5.74, 6) is 0.104. The summed E-state index contributed by atoms with van der Waals surface area (Å²) in [5, 5.41) is 14.8. The van der Waals surface area contributed by atoms with E-state index in [9.17, 15) is 9.90 Å². The molecule has 162 valence electrons. The molecule has 2 aliphatic heterocycles. The van der Waals surface area contributed by atoms with Crippen molar-refractivity contribution >= 4 is 16.8 Å². The lowest BCUT2D eigenvalue weighted by atomic mass is 9.95. The molecule has 0 unspecified atom stereocenters. The highest BCUT2D eigenvalue weighted by Gasteiger charge is 2.29. The van der Waals surface area contributed by atoms with Crippen molar-refractivity contribution < 1.29 is 9.90 Å². The number of aromatic amines is 1. The highest BCUT2D eigenvalue weighted by atomic mass is 16.3. The van der Waals surface area contributed by atoms with Gasteiger partial charge in [-0.3, -0.25) is 9.69 Å². The molecule has 6 heteroatoms. The lowest BCUT2D eigenvalue weighted by molar-refractivity contribution is 0.0966. The van der Waals surface area contributed by atoms with E-state index in [-0.39, 0.29) is 11.7 Å². The van der Waals surface area contributed by atoms with Gasteiger partial charge in [-0.25, -0.2) is 0 Å². The van der Waals surface area contributed by atoms with Crippen molar-refractivity contribution in [3.8, 4) is 17.0 Å². The molecule has 0 bridgehead atoms. The van der Waals surface area contributed by atoms with E-state index >= 15 is 0 Å². The van der Waals surface area contributed by atoms with Crippen molar-refractivity contribution in [2.24, 2.45) is 0 Å². The second-order valence-electron chi connectivity index (χ2n) is 9.15. The normalized spacial score (nSPS) is 16.8. The van der Waals surface area contributed by atoms with Gasteiger partial charge in [0.2, 0.25) is 0 Å². The number of piperidine rings is 1. The molecule has 1 aromatic heterocycles. The number of benzene rings is 2. The van der Waals surface area contributed by atoms with Gasteiger partial charge in [0, 0.05) is 52.9 Å². The molecule has 0 spiro atoms. The fourth-order valence-corrected chi connectivity index (χ4v) is 4.95. The summed E-state index contributed by atoms with van der Waals surface area (Å²) in [5.41, 5.74) is 6.27. The van der Waals surface area contributed by atoms with Crippen LogP contribution in [0.15, 0.2) is 30.3 Å². The van der Waals surface area contributed by atoms with Crippen molar-refractivity contribution in [3.63, 3.8) is 0 Å². The van der Waals surface area contributed by atoms with E-state index in [0.29, 0.717) is 24.2 Å². The number of rotatable bonds is 5. The first-order valence-electron chi connectivity index (χ1n) is 11.1. The number of aromatic hydroxyl groups is 1. The summed E-state index contributed by atoms with van der Waals surface area (Å²) < 4.78 is 0. The number of amides is 1. The van der Waals surface area contributed by atoms with Crippen LogP contribution in [0.5, 0.6) is 5.75 Å². The SMILES string of the molecule is CN(C)Cc1cc(-c2cc3cc(CN4CCCCC4)ccc3[nH]2)c2c(c1O)CNC2=O. The number of hydrogen-bond donors (Lipinski definition) is 3. The van der Waals surface area contributed by atoms with Gasteiger partial charge >= 0.3 is 0 Å². The maximum atomic E-state index is 12.6. The molecule has 2 aromatic carbocycles. The number of aromatic nitrogens is 1. The minimum absolute atomic E-state index is 0.124. The van der Waals surface area contributed by atoms with E-state index < -0.39 is 0 Å². The lowest BCUT2D eigenvalue weighted by Gasteiger charge is -2.26. The van der Waals surface area contributed by atoms with E-state index in [1.807, 2.05) is 25.1 Å². The van der Waals surface area contributed by atoms with Gasteiger partial charge in [0.25, 0.3) is 5.91 Å². The number of nitrogens with one attached hydrogen (secondary N) is 2. The Balaban J connectivity index is 1.54. The van der Waals surface area contributed by atoms with Crippen LogP contribution >= 0.6 is 0 Å². The van der Waals surface area contributed by atoms with Crippen molar-refractivity contribution in [1.82, 2.24) is 20.1 Å². The molecule has 1 amide bonds. The van der Waals surface area contributed by atoms with E-state index in [1.54, 1.807) is 0 Å². The van der Waals surface area contributed by atoms with Crippen LogP contribution in [0.4, 0.5) is 0 Å². The van der Waals surface area contributed by atoms with Crippen molar-refractivity contribution in [1.29, 1.82) is 0 Å². The Kier molecular flexibility index (Phi) is 5.20. The quantitative estimate of drug-likeness (QED) is 0.589. The number of likely N-dealkylation sites (tertiary alicyclic amines) is 1. The first-order chi connectivity index (χ1) is 15.0. The van der Waals surface area contributed by atoms with Crippen LogP contribution in [0.3, 0.4) is 0 Å². The van der Waals surface area contributed by atoms with E-state index in [4.69, 9.17) is 0 Å². The first kappa shape index (κ1) is 20.1. The maximum absolute atomic E-state index is 12.6. The highest BCUT2D eigenvalue weighted by molar-refractivity contribution is 6.06. The van der Waals surface area contributed by atoms with Gasteiger partial charge in [-0.05, 0) is 69.9 Å². The molecule has 0 atom stereocenters. The van der Waals surface area contributed by atoms with Crippen LogP contribution < -0.4 is 5.32 Å². The summed E-state index contributed by atoms with van der Waals surface area (Å²) in [6, 6.07) is 10.7. The third kappa shape index (κ3) is 3.82. The van der Waals surface area contributed by atoms with Gasteiger partial charge in [0.05, 0.1) is 5.56 Å². The lowest BCUT2D eigenvalue weighted by Crippen LogP contribution is -2.28. The molecule has 0 saturated carbocycles. The average Bonchev–Trinajstić information content (AvgIpc) is 3.34. The van der Waals surface area contributed by atoms with Crippen LogP contribution in [-0.2, 0) is 19.6 Å². The first-order valence-corrected chi connectivity index (χ1v) is 11.1. The number of nitrogens with zero attached hydrogens (tertiary/aromatic N) is 2. The van der Waals surface area contributed by atoms with Crippen LogP contribution in [0, 0.1) is 0 Å². The molecule has 31 heavy (non-hydrogen) atoms. The Bertz CT molecular complexity index is 1140. The maximum Gasteiger partial charge on any atom is 0.252 e. The van der Waals surface area contributed by atoms with E-state index in [1.165, 1.54) is 37.9 Å². The summed E-state index contributed by atoms with van der Waals surface area (Å²) in [6.45, 7) is 4.33. The summed E-state index contributed by atoms with van der Waals surface area (Å²) in [4.78, 5) is 20.6. The number of H-pyrrole nitrogens is 1. The zero-order valence-corrected chi connectivity index (χ0v) is 18.3. The summed E-state index contributed by atoms with van der Waals surface area (Å²) in [6.07, 6.45) is 3.93. The number of carbonyl (C=O) groups excluding carboxylic acids is 1. The molecule has 3 heterocycles. The number of hydrogen-bond acceptors (Lipinski definition) is 4. The summed E-state index contributed by atoms with van der Waals surface area (Å²) >= 11 is 0. The second-order valence-corrected chi connectivity index (χ2v) is 9.15. The molecule has 6 nitrogen and oxygen atoms in total. The standard InChI is InChI=1S/C25H30N4O2/c1-28(2)15-18-11-19(23-20(24(18)30)13-26-25(23)31)22-12-17-10-16(6-7-21(17)27-22)14-29-8-4-3-5-9-29/h6-7,10-12,27,30H,3-5,8-9,13-15H2,1-2H3,(H,26,31). The highest BCUT2D eigenvalue weighted by Crippen LogP contribution is 2.38. The molecule has 0 aliphatic carbocycles. The van der Waals surface area contributed by atoms with Gasteiger partial charge < -0.3 is 20.3 Å². The number of fused-ring (bicyclic) bond motifs is 2. The zero-order chi connectivity index (χ0) is 21.5. The average molecular weight is 419 g/mol. The minimum Gasteiger partial charge on any atom is -0.507 e. The third-order valence-corrected chi connectivity index (χ3v) is 6.45. The Hall–Kier alpha value is -2.83. The number of phenols is 1. The van der Waals surface area contributed by atoms with Crippen molar-refractivity contribution in [2.45, 2.75) is 38.9 Å². The van der Waals surface area contributed by atoms with Crippen LogP contribution in [0.25, 0.3) is 22.2 Å². The fourth-order valence-electron chi connectivity index (χ4n) is 4.95. The third-order valence-electron chi connectivity index (χ3n) is 6.45. The van der Waals surface area contributed by atoms with Gasteiger partial charge in [0.15, 0.2) is 0 Å². The van der Waals surface area contributed by atoms with Gasteiger partial charge in [0.1, 0.15) is 5.75 Å². The smallest absolute Gasteiger partial charge is 0.252 e. The van der Waals surface area contributed by atoms with Gasteiger partial charge in [-0.15, -0.1) is 0 Å². The molecule has 3 N–H and O–H groups in total. The molecule has 1 fully saturated rings. The molecule has 2 aliphatic rings. The minimum atomic E-state index is -0.124. The molecule has 3 aromatic rings. The van der Waals surface area contributed by atoms with Crippen LogP contribution in [0.2, 0.25) is 0 Å². The van der Waals surface area contributed by atoms with Crippen molar-refractivity contribution in [2.75, 3.05) is 27.2 Å². The van der Waals surface area contributed by atoms with Crippen LogP contribution in [-0.4, -0.2) is 53.0 Å². The molecular formula is C25H30N4O2. The number of carbonyl (C=O) groups is 1. The molecule has 5 rings (SSSR count). The van der Waals surface area contributed by atoms with Crippen molar-refractivity contribution in [3.05, 3.63) is 52.6 Å². The zero-order valence-electron chi connectivity index (χ0n) is 18.3. The summed E-state index contributed by atoms with van der Waals surface area (Å²) in [7, 11) is 3.95. The molecule has 1 saturated heterocycles. The van der Waals surface area contributed by atoms with Gasteiger partial charge in [-0.2, -0.15) is 0 Å². The molecule has 0 radical (unpaired) electrons. The fraction of sp³-hybridized carbons (Fsp3) is 0.400. The second kappa shape index (κ2) is 8.02.